The topological polar surface area (TPSA) is 114 Å². The van der Waals surface area contributed by atoms with Crippen molar-refractivity contribution in [3.05, 3.63) is 59.7 Å². The predicted molar refractivity (Wildman–Crippen MR) is 125 cm³/mol. The van der Waals surface area contributed by atoms with Gasteiger partial charge in [-0.2, -0.15) is 0 Å². The second kappa shape index (κ2) is 10.7. The minimum absolute atomic E-state index is 0.0442. The lowest BCUT2D eigenvalue weighted by Crippen LogP contribution is -2.47. The fourth-order valence-electron chi connectivity index (χ4n) is 4.86. The number of hydrogen-bond acceptors (Lipinski definition) is 5. The van der Waals surface area contributed by atoms with Crippen LogP contribution < -0.4 is 10.8 Å². The van der Waals surface area contributed by atoms with Gasteiger partial charge in [0, 0.05) is 12.0 Å². The number of carboxylic acids is 1. The van der Waals surface area contributed by atoms with Crippen molar-refractivity contribution in [3.8, 4) is 11.1 Å². The van der Waals surface area contributed by atoms with E-state index in [0.717, 1.165) is 41.5 Å². The first-order valence-corrected chi connectivity index (χ1v) is 11.8. The summed E-state index contributed by atoms with van der Waals surface area (Å²) in [6, 6.07) is 15.8. The van der Waals surface area contributed by atoms with Gasteiger partial charge in [-0.15, -0.1) is 0 Å². The molecule has 2 aromatic carbocycles. The molecule has 3 unspecified atom stereocenters. The largest absolute Gasteiger partial charge is 0.479 e. The van der Waals surface area contributed by atoms with Gasteiger partial charge in [0.1, 0.15) is 6.61 Å². The van der Waals surface area contributed by atoms with Crippen molar-refractivity contribution in [2.45, 2.75) is 57.1 Å². The fourth-order valence-corrected chi connectivity index (χ4v) is 4.86. The number of aliphatic carboxylic acids is 1. The summed E-state index contributed by atoms with van der Waals surface area (Å²) >= 11 is 0. The van der Waals surface area contributed by atoms with Crippen molar-refractivity contribution in [1.82, 2.24) is 10.8 Å². The number of rotatable bonds is 7. The first kappa shape index (κ1) is 23.8. The zero-order valence-electron chi connectivity index (χ0n) is 19.2. The average Bonchev–Trinajstić information content (AvgIpc) is 2.97. The molecule has 4 rings (SSSR count). The third-order valence-corrected chi connectivity index (χ3v) is 6.68. The van der Waals surface area contributed by atoms with Gasteiger partial charge in [-0.05, 0) is 42.0 Å². The molecule has 0 saturated heterocycles. The number of hydrogen-bond donors (Lipinski definition) is 3. The van der Waals surface area contributed by atoms with Gasteiger partial charge in [0.2, 0.25) is 5.91 Å². The molecule has 0 spiro atoms. The van der Waals surface area contributed by atoms with Gasteiger partial charge in [0.25, 0.3) is 0 Å². The highest BCUT2D eigenvalue weighted by Crippen LogP contribution is 2.44. The quantitative estimate of drug-likeness (QED) is 0.420. The Balaban J connectivity index is 1.38. The average molecular weight is 467 g/mol. The molecule has 3 N–H and O–H groups in total. The lowest BCUT2D eigenvalue weighted by Gasteiger charge is -2.25. The second-order valence-corrected chi connectivity index (χ2v) is 8.89. The summed E-state index contributed by atoms with van der Waals surface area (Å²) in [5.74, 6) is -2.17. The van der Waals surface area contributed by atoms with Gasteiger partial charge in [-0.3, -0.25) is 9.63 Å². The maximum absolute atomic E-state index is 12.8. The Kier molecular flexibility index (Phi) is 7.47. The van der Waals surface area contributed by atoms with E-state index in [0.29, 0.717) is 12.8 Å². The summed E-state index contributed by atoms with van der Waals surface area (Å²) in [6.07, 6.45) is 2.16. The highest BCUT2D eigenvalue weighted by atomic mass is 16.7. The van der Waals surface area contributed by atoms with E-state index in [2.05, 4.69) is 35.1 Å². The molecule has 1 fully saturated rings. The number of carbonyl (C=O) groups is 3. The molecular formula is C26H30N2O6. The number of nitrogens with one attached hydrogen (secondary N) is 2. The molecule has 2 amide bonds. The molecule has 34 heavy (non-hydrogen) atoms. The standard InChI is InChI=1S/C26H30N2O6/c1-16(25(30)31)34-28-24(29)21-13-3-2-4-14-23(21)27-26(32)33-15-22-19-11-7-5-9-17(19)18-10-6-8-12-20(18)22/h5-12,16,21-23H,2-4,13-15H2,1H3,(H,27,32)(H,28,29)(H,30,31). The number of hydroxylamine groups is 1. The first-order chi connectivity index (χ1) is 16.5. The number of benzene rings is 2. The fraction of sp³-hybridized carbons (Fsp3) is 0.423. The Morgan fingerprint density at radius 1 is 0.971 bits per heavy atom. The Morgan fingerprint density at radius 2 is 1.59 bits per heavy atom. The van der Waals surface area contributed by atoms with Crippen LogP contribution in [0.25, 0.3) is 11.1 Å². The summed E-state index contributed by atoms with van der Waals surface area (Å²) < 4.78 is 5.65. The van der Waals surface area contributed by atoms with Gasteiger partial charge in [0.15, 0.2) is 6.10 Å². The van der Waals surface area contributed by atoms with Gasteiger partial charge >= 0.3 is 12.1 Å². The molecule has 2 aliphatic rings. The monoisotopic (exact) mass is 466 g/mol. The smallest absolute Gasteiger partial charge is 0.407 e. The third-order valence-electron chi connectivity index (χ3n) is 6.68. The van der Waals surface area contributed by atoms with Crippen molar-refractivity contribution in [1.29, 1.82) is 0 Å². The lowest BCUT2D eigenvalue weighted by atomic mass is 9.94. The molecule has 0 heterocycles. The SMILES string of the molecule is CC(ONC(=O)C1CCCCCC1NC(=O)OCC1c2ccccc2-c2ccccc21)C(=O)O. The van der Waals surface area contributed by atoms with Crippen molar-refractivity contribution in [2.75, 3.05) is 6.61 Å². The van der Waals surface area contributed by atoms with E-state index in [4.69, 9.17) is 14.7 Å². The molecule has 0 aromatic heterocycles. The third kappa shape index (κ3) is 5.22. The van der Waals surface area contributed by atoms with E-state index in [1.807, 2.05) is 24.3 Å². The van der Waals surface area contributed by atoms with Crippen molar-refractivity contribution < 1.29 is 29.1 Å². The van der Waals surface area contributed by atoms with Gasteiger partial charge < -0.3 is 15.2 Å². The minimum Gasteiger partial charge on any atom is -0.479 e. The Labute approximate surface area is 198 Å². The van der Waals surface area contributed by atoms with E-state index in [1.54, 1.807) is 0 Å². The van der Waals surface area contributed by atoms with Crippen LogP contribution in [0.4, 0.5) is 4.79 Å². The van der Waals surface area contributed by atoms with Crippen LogP contribution in [-0.4, -0.2) is 41.8 Å². The van der Waals surface area contributed by atoms with E-state index in [9.17, 15) is 14.4 Å². The highest BCUT2D eigenvalue weighted by molar-refractivity contribution is 5.81. The van der Waals surface area contributed by atoms with Crippen molar-refractivity contribution in [3.63, 3.8) is 0 Å². The summed E-state index contributed by atoms with van der Waals surface area (Å²) in [5, 5.41) is 11.8. The van der Waals surface area contributed by atoms with Crippen molar-refractivity contribution >= 4 is 18.0 Å². The highest BCUT2D eigenvalue weighted by Gasteiger charge is 2.33. The van der Waals surface area contributed by atoms with Crippen LogP contribution in [0.5, 0.6) is 0 Å². The molecule has 180 valence electrons. The Hall–Kier alpha value is -3.39. The summed E-state index contributed by atoms with van der Waals surface area (Å²) in [4.78, 5) is 41.3. The lowest BCUT2D eigenvalue weighted by molar-refractivity contribution is -0.160. The number of carboxylic acid groups (broad SMARTS) is 1. The summed E-state index contributed by atoms with van der Waals surface area (Å²) in [6.45, 7) is 1.53. The second-order valence-electron chi connectivity index (χ2n) is 8.89. The van der Waals surface area contributed by atoms with Gasteiger partial charge in [0.05, 0.1) is 5.92 Å². The molecule has 2 aromatic rings. The van der Waals surface area contributed by atoms with Crippen LogP contribution in [0.1, 0.15) is 56.1 Å². The first-order valence-electron chi connectivity index (χ1n) is 11.8. The van der Waals surface area contributed by atoms with Crippen LogP contribution in [0.15, 0.2) is 48.5 Å². The van der Waals surface area contributed by atoms with E-state index < -0.39 is 36.0 Å². The summed E-state index contributed by atoms with van der Waals surface area (Å²) in [5.41, 5.74) is 6.83. The minimum atomic E-state index is -1.17. The number of carbonyl (C=O) groups excluding carboxylic acids is 2. The van der Waals surface area contributed by atoms with Crippen LogP contribution in [-0.2, 0) is 19.2 Å². The van der Waals surface area contributed by atoms with E-state index >= 15 is 0 Å². The van der Waals surface area contributed by atoms with E-state index in [-0.39, 0.29) is 12.5 Å². The molecule has 0 radical (unpaired) electrons. The molecule has 0 aliphatic heterocycles. The molecule has 8 nitrogen and oxygen atoms in total. The molecular weight excluding hydrogens is 436 g/mol. The molecule has 8 heteroatoms. The molecule has 2 aliphatic carbocycles. The number of ether oxygens (including phenoxy) is 1. The Bertz CT molecular complexity index is 1010. The number of amides is 2. The van der Waals surface area contributed by atoms with Gasteiger partial charge in [-0.1, -0.05) is 67.8 Å². The Morgan fingerprint density at radius 3 is 2.24 bits per heavy atom. The van der Waals surface area contributed by atoms with Crippen molar-refractivity contribution in [2.24, 2.45) is 5.92 Å². The molecule has 3 atom stereocenters. The maximum Gasteiger partial charge on any atom is 0.407 e. The van der Waals surface area contributed by atoms with Crippen LogP contribution in [0.3, 0.4) is 0 Å². The zero-order valence-corrected chi connectivity index (χ0v) is 19.2. The summed E-state index contributed by atoms with van der Waals surface area (Å²) in [7, 11) is 0. The van der Waals surface area contributed by atoms with Gasteiger partial charge in [-0.25, -0.2) is 15.1 Å². The van der Waals surface area contributed by atoms with Crippen LogP contribution >= 0.6 is 0 Å². The molecule has 0 bridgehead atoms. The van der Waals surface area contributed by atoms with Crippen LogP contribution in [0, 0.1) is 5.92 Å². The zero-order chi connectivity index (χ0) is 24.1. The normalized spacial score (nSPS) is 20.4. The predicted octanol–water partition coefficient (Wildman–Crippen LogP) is 3.99. The van der Waals surface area contributed by atoms with Crippen LogP contribution in [0.2, 0.25) is 0 Å². The maximum atomic E-state index is 12.8. The molecule has 1 saturated carbocycles. The number of alkyl carbamates (subject to hydrolysis) is 1. The number of fused-ring (bicyclic) bond motifs is 3. The van der Waals surface area contributed by atoms with E-state index in [1.165, 1.54) is 6.92 Å².